The first-order valence-corrected chi connectivity index (χ1v) is 8.07. The summed E-state index contributed by atoms with van der Waals surface area (Å²) in [4.78, 5) is 23.1. The SMILES string of the molecule is O=C(O)COc1cccc(NC(=O)c2cc(Br)c(Br)s2)c1. The predicted molar refractivity (Wildman–Crippen MR) is 87.2 cm³/mol. The fourth-order valence-electron chi connectivity index (χ4n) is 1.46. The van der Waals surface area contributed by atoms with Gasteiger partial charge in [-0.15, -0.1) is 11.3 Å². The Morgan fingerprint density at radius 1 is 1.29 bits per heavy atom. The van der Waals surface area contributed by atoms with Crippen molar-refractivity contribution in [2.45, 2.75) is 0 Å². The largest absolute Gasteiger partial charge is 0.482 e. The van der Waals surface area contributed by atoms with Gasteiger partial charge in [-0.3, -0.25) is 4.79 Å². The molecule has 0 aliphatic heterocycles. The smallest absolute Gasteiger partial charge is 0.341 e. The first kappa shape index (κ1) is 16.0. The number of amides is 1. The second-order valence-electron chi connectivity index (χ2n) is 3.90. The number of rotatable bonds is 5. The van der Waals surface area contributed by atoms with Crippen LogP contribution in [0, 0.1) is 0 Å². The molecule has 0 aliphatic carbocycles. The van der Waals surface area contributed by atoms with Gasteiger partial charge in [0, 0.05) is 16.2 Å². The Hall–Kier alpha value is -1.38. The lowest BCUT2D eigenvalue weighted by Crippen LogP contribution is -2.11. The molecule has 0 bridgehead atoms. The minimum absolute atomic E-state index is 0.248. The Bertz CT molecular complexity index is 667. The van der Waals surface area contributed by atoms with Crippen molar-refractivity contribution in [1.29, 1.82) is 0 Å². The maximum absolute atomic E-state index is 12.1. The molecule has 8 heteroatoms. The number of ether oxygens (including phenoxy) is 1. The molecule has 2 rings (SSSR count). The maximum Gasteiger partial charge on any atom is 0.341 e. The summed E-state index contributed by atoms with van der Waals surface area (Å²) in [6.45, 7) is -0.428. The van der Waals surface area contributed by atoms with Crippen molar-refractivity contribution >= 4 is 60.8 Å². The third-order valence-electron chi connectivity index (χ3n) is 2.32. The van der Waals surface area contributed by atoms with Crippen LogP contribution < -0.4 is 10.1 Å². The number of hydrogen-bond acceptors (Lipinski definition) is 4. The summed E-state index contributed by atoms with van der Waals surface area (Å²) in [5, 5.41) is 11.3. The van der Waals surface area contributed by atoms with Crippen LogP contribution in [0.25, 0.3) is 0 Å². The molecule has 1 heterocycles. The minimum atomic E-state index is -1.06. The number of anilines is 1. The summed E-state index contributed by atoms with van der Waals surface area (Å²) in [5.41, 5.74) is 0.531. The quantitative estimate of drug-likeness (QED) is 0.745. The van der Waals surface area contributed by atoms with Crippen LogP contribution in [0.4, 0.5) is 5.69 Å². The number of carbonyl (C=O) groups is 2. The van der Waals surface area contributed by atoms with Crippen LogP contribution >= 0.6 is 43.2 Å². The molecule has 5 nitrogen and oxygen atoms in total. The second kappa shape index (κ2) is 7.06. The van der Waals surface area contributed by atoms with E-state index >= 15 is 0 Å². The van der Waals surface area contributed by atoms with Crippen molar-refractivity contribution in [3.63, 3.8) is 0 Å². The van der Waals surface area contributed by atoms with Gasteiger partial charge in [-0.25, -0.2) is 4.79 Å². The van der Waals surface area contributed by atoms with E-state index < -0.39 is 12.6 Å². The van der Waals surface area contributed by atoms with Gasteiger partial charge in [0.2, 0.25) is 0 Å². The fraction of sp³-hybridized carbons (Fsp3) is 0.0769. The van der Waals surface area contributed by atoms with Gasteiger partial charge in [-0.05, 0) is 50.1 Å². The van der Waals surface area contributed by atoms with Crippen LogP contribution in [0.3, 0.4) is 0 Å². The minimum Gasteiger partial charge on any atom is -0.482 e. The normalized spacial score (nSPS) is 10.2. The molecule has 1 aromatic heterocycles. The number of hydrogen-bond donors (Lipinski definition) is 2. The van der Waals surface area contributed by atoms with Gasteiger partial charge in [0.1, 0.15) is 5.75 Å². The Morgan fingerprint density at radius 2 is 2.05 bits per heavy atom. The van der Waals surface area contributed by atoms with Crippen LogP contribution in [-0.4, -0.2) is 23.6 Å². The molecule has 110 valence electrons. The van der Waals surface area contributed by atoms with E-state index in [0.29, 0.717) is 16.3 Å². The molecule has 2 aromatic rings. The average Bonchev–Trinajstić information content (AvgIpc) is 2.77. The Kier molecular flexibility index (Phi) is 5.38. The molecule has 0 fully saturated rings. The molecule has 0 unspecified atom stereocenters. The molecule has 0 aliphatic rings. The van der Waals surface area contributed by atoms with Gasteiger partial charge >= 0.3 is 5.97 Å². The number of carbonyl (C=O) groups excluding carboxylic acids is 1. The molecular formula is C13H9Br2NO4S. The first-order chi connectivity index (χ1) is 9.95. The summed E-state index contributed by atoms with van der Waals surface area (Å²) in [6.07, 6.45) is 0. The number of benzene rings is 1. The van der Waals surface area contributed by atoms with Crippen LogP contribution in [0.5, 0.6) is 5.75 Å². The molecule has 1 amide bonds. The molecular weight excluding hydrogens is 426 g/mol. The van der Waals surface area contributed by atoms with Crippen LogP contribution in [0.2, 0.25) is 0 Å². The summed E-state index contributed by atoms with van der Waals surface area (Å²) < 4.78 is 6.71. The zero-order chi connectivity index (χ0) is 15.4. The van der Waals surface area contributed by atoms with Gasteiger partial charge < -0.3 is 15.2 Å². The van der Waals surface area contributed by atoms with Crippen molar-refractivity contribution in [1.82, 2.24) is 0 Å². The monoisotopic (exact) mass is 433 g/mol. The Morgan fingerprint density at radius 3 is 2.67 bits per heavy atom. The van der Waals surface area contributed by atoms with Crippen molar-refractivity contribution in [3.05, 3.63) is 43.5 Å². The van der Waals surface area contributed by atoms with E-state index in [0.717, 1.165) is 8.26 Å². The van der Waals surface area contributed by atoms with E-state index in [-0.39, 0.29) is 5.91 Å². The van der Waals surface area contributed by atoms with Crippen LogP contribution in [0.1, 0.15) is 9.67 Å². The Labute approximate surface area is 141 Å². The lowest BCUT2D eigenvalue weighted by atomic mass is 10.3. The topological polar surface area (TPSA) is 75.6 Å². The van der Waals surface area contributed by atoms with Gasteiger partial charge in [0.05, 0.1) is 8.66 Å². The Balaban J connectivity index is 2.07. The summed E-state index contributed by atoms with van der Waals surface area (Å²) in [6, 6.07) is 8.28. The van der Waals surface area contributed by atoms with Crippen LogP contribution in [-0.2, 0) is 4.79 Å². The number of halogens is 2. The molecule has 2 N–H and O–H groups in total. The van der Waals surface area contributed by atoms with E-state index in [1.807, 2.05) is 0 Å². The number of aliphatic carboxylic acids is 1. The van der Waals surface area contributed by atoms with E-state index in [4.69, 9.17) is 9.84 Å². The van der Waals surface area contributed by atoms with E-state index in [1.54, 1.807) is 30.3 Å². The lowest BCUT2D eigenvalue weighted by Gasteiger charge is -2.07. The fourth-order valence-corrected chi connectivity index (χ4v) is 3.39. The standard InChI is InChI=1S/C13H9Br2NO4S/c14-9-5-10(21-12(9)15)13(19)16-7-2-1-3-8(4-7)20-6-11(17)18/h1-5H,6H2,(H,16,19)(H,17,18). The third kappa shape index (κ3) is 4.55. The molecule has 0 radical (unpaired) electrons. The third-order valence-corrected chi connectivity index (χ3v) is 5.58. The second-order valence-corrected chi connectivity index (χ2v) is 7.12. The molecule has 21 heavy (non-hydrogen) atoms. The highest BCUT2D eigenvalue weighted by molar-refractivity contribution is 9.13. The zero-order valence-corrected chi connectivity index (χ0v) is 14.4. The van der Waals surface area contributed by atoms with Crippen molar-refractivity contribution in [2.24, 2.45) is 0 Å². The molecule has 0 saturated heterocycles. The lowest BCUT2D eigenvalue weighted by molar-refractivity contribution is -0.139. The highest BCUT2D eigenvalue weighted by Crippen LogP contribution is 2.32. The molecule has 0 spiro atoms. The number of carboxylic acids is 1. The van der Waals surface area contributed by atoms with Crippen molar-refractivity contribution in [3.8, 4) is 5.75 Å². The van der Waals surface area contributed by atoms with Gasteiger partial charge in [-0.2, -0.15) is 0 Å². The zero-order valence-electron chi connectivity index (χ0n) is 10.4. The average molecular weight is 435 g/mol. The maximum atomic E-state index is 12.1. The van der Waals surface area contributed by atoms with E-state index in [2.05, 4.69) is 37.2 Å². The first-order valence-electron chi connectivity index (χ1n) is 5.66. The van der Waals surface area contributed by atoms with Gasteiger partial charge in [0.25, 0.3) is 5.91 Å². The van der Waals surface area contributed by atoms with Crippen molar-refractivity contribution < 1.29 is 19.4 Å². The van der Waals surface area contributed by atoms with E-state index in [9.17, 15) is 9.59 Å². The number of carboxylic acid groups (broad SMARTS) is 1. The summed E-state index contributed by atoms with van der Waals surface area (Å²) >= 11 is 7.96. The summed E-state index contributed by atoms with van der Waals surface area (Å²) in [5.74, 6) is -0.928. The number of thiophene rings is 1. The van der Waals surface area contributed by atoms with Gasteiger partial charge in [-0.1, -0.05) is 6.07 Å². The van der Waals surface area contributed by atoms with Crippen LogP contribution in [0.15, 0.2) is 38.6 Å². The highest BCUT2D eigenvalue weighted by atomic mass is 79.9. The highest BCUT2D eigenvalue weighted by Gasteiger charge is 2.12. The summed E-state index contributed by atoms with van der Waals surface area (Å²) in [7, 11) is 0. The van der Waals surface area contributed by atoms with Gasteiger partial charge in [0.15, 0.2) is 6.61 Å². The van der Waals surface area contributed by atoms with E-state index in [1.165, 1.54) is 11.3 Å². The molecule has 0 saturated carbocycles. The number of nitrogens with one attached hydrogen (secondary N) is 1. The predicted octanol–water partition coefficient (Wildman–Crippen LogP) is 3.99. The molecule has 1 aromatic carbocycles. The van der Waals surface area contributed by atoms with Crippen molar-refractivity contribution in [2.75, 3.05) is 11.9 Å². The molecule has 0 atom stereocenters.